The Balaban J connectivity index is 2.52. The van der Waals surface area contributed by atoms with E-state index in [1.54, 1.807) is 18.2 Å². The van der Waals surface area contributed by atoms with E-state index in [0.29, 0.717) is 16.9 Å². The molecule has 0 saturated heterocycles. The third kappa shape index (κ3) is 3.44. The van der Waals surface area contributed by atoms with E-state index in [4.69, 9.17) is 15.2 Å². The molecule has 2 rings (SSSR count). The van der Waals surface area contributed by atoms with Crippen LogP contribution in [0.15, 0.2) is 35.2 Å². The fraction of sp³-hybridized carbons (Fsp3) is 0.312. The van der Waals surface area contributed by atoms with E-state index in [9.17, 15) is 13.2 Å². The Morgan fingerprint density at radius 1 is 1.04 bits per heavy atom. The minimum absolute atomic E-state index is 0.0246. The van der Waals surface area contributed by atoms with E-state index < -0.39 is 21.5 Å². The second kappa shape index (κ2) is 6.29. The molecule has 0 fully saturated rings. The van der Waals surface area contributed by atoms with Gasteiger partial charge in [0, 0.05) is 0 Å². The molecule has 0 radical (unpaired) electrons. The topological polar surface area (TPSA) is 108 Å². The molecule has 130 valence electrons. The first-order valence-corrected chi connectivity index (χ1v) is 8.59. The standard InChI is InChI=1S/C16H20N2O5S/c1-16(2,15(17)19)18-24(20,21)12-6-5-10-8-13(22-3)14(23-4)9-11(10)7-12/h5-9,18H,1-4H3,(H2,17,19). The van der Waals surface area contributed by atoms with Crippen LogP contribution in [-0.4, -0.2) is 34.1 Å². The third-order valence-corrected chi connectivity index (χ3v) is 5.28. The Morgan fingerprint density at radius 2 is 1.58 bits per heavy atom. The number of hydrogen-bond acceptors (Lipinski definition) is 5. The second-order valence-corrected chi connectivity index (χ2v) is 7.49. The summed E-state index contributed by atoms with van der Waals surface area (Å²) in [4.78, 5) is 11.4. The van der Waals surface area contributed by atoms with Crippen molar-refractivity contribution in [3.63, 3.8) is 0 Å². The zero-order chi connectivity index (χ0) is 18.1. The number of carbonyl (C=O) groups is 1. The van der Waals surface area contributed by atoms with Crippen molar-refractivity contribution in [2.75, 3.05) is 14.2 Å². The molecule has 0 atom stereocenters. The Hall–Kier alpha value is -2.32. The molecule has 0 unspecified atom stereocenters. The van der Waals surface area contributed by atoms with Gasteiger partial charge in [-0.05, 0) is 48.9 Å². The molecule has 0 spiro atoms. The zero-order valence-electron chi connectivity index (χ0n) is 13.9. The summed E-state index contributed by atoms with van der Waals surface area (Å²) in [5, 5.41) is 1.45. The van der Waals surface area contributed by atoms with Gasteiger partial charge in [0.1, 0.15) is 5.54 Å². The Bertz CT molecular complexity index is 891. The summed E-state index contributed by atoms with van der Waals surface area (Å²) in [5.41, 5.74) is 3.82. The molecule has 2 aromatic carbocycles. The van der Waals surface area contributed by atoms with Crippen molar-refractivity contribution in [2.45, 2.75) is 24.3 Å². The van der Waals surface area contributed by atoms with Crippen LogP contribution in [0, 0.1) is 0 Å². The molecule has 1 amide bonds. The number of fused-ring (bicyclic) bond motifs is 1. The number of nitrogens with one attached hydrogen (secondary N) is 1. The van der Waals surface area contributed by atoms with Crippen LogP contribution in [0.2, 0.25) is 0 Å². The van der Waals surface area contributed by atoms with Crippen molar-refractivity contribution in [1.29, 1.82) is 0 Å². The van der Waals surface area contributed by atoms with Gasteiger partial charge >= 0.3 is 0 Å². The molecule has 0 heterocycles. The lowest BCUT2D eigenvalue weighted by Crippen LogP contribution is -2.52. The minimum Gasteiger partial charge on any atom is -0.493 e. The third-order valence-electron chi connectivity index (χ3n) is 3.63. The summed E-state index contributed by atoms with van der Waals surface area (Å²) < 4.78 is 37.8. The van der Waals surface area contributed by atoms with Crippen LogP contribution in [0.4, 0.5) is 0 Å². The van der Waals surface area contributed by atoms with Gasteiger partial charge in [-0.3, -0.25) is 4.79 Å². The smallest absolute Gasteiger partial charge is 0.241 e. The molecular formula is C16H20N2O5S. The summed E-state index contributed by atoms with van der Waals surface area (Å²) in [6, 6.07) is 8.05. The molecular weight excluding hydrogens is 332 g/mol. The number of primary amides is 1. The molecule has 0 aliphatic heterocycles. The molecule has 3 N–H and O–H groups in total. The van der Waals surface area contributed by atoms with E-state index in [2.05, 4.69) is 4.72 Å². The van der Waals surface area contributed by atoms with Crippen molar-refractivity contribution >= 4 is 26.7 Å². The first-order valence-electron chi connectivity index (χ1n) is 7.10. The van der Waals surface area contributed by atoms with Gasteiger partial charge in [0.15, 0.2) is 11.5 Å². The lowest BCUT2D eigenvalue weighted by atomic mass is 10.1. The minimum atomic E-state index is -3.91. The van der Waals surface area contributed by atoms with Crippen molar-refractivity contribution in [2.24, 2.45) is 5.73 Å². The predicted octanol–water partition coefficient (Wildman–Crippen LogP) is 1.40. The highest BCUT2D eigenvalue weighted by Crippen LogP contribution is 2.33. The van der Waals surface area contributed by atoms with E-state index in [0.717, 1.165) is 5.39 Å². The maximum atomic E-state index is 12.5. The lowest BCUT2D eigenvalue weighted by Gasteiger charge is -2.22. The normalized spacial score (nSPS) is 12.2. The first-order chi connectivity index (χ1) is 11.1. The van der Waals surface area contributed by atoms with Gasteiger partial charge in [0.05, 0.1) is 19.1 Å². The van der Waals surface area contributed by atoms with Crippen molar-refractivity contribution in [3.8, 4) is 11.5 Å². The van der Waals surface area contributed by atoms with Gasteiger partial charge in [0.2, 0.25) is 15.9 Å². The summed E-state index contributed by atoms with van der Waals surface area (Å²) in [5.74, 6) is 0.275. The summed E-state index contributed by atoms with van der Waals surface area (Å²) in [7, 11) is -0.885. The molecule has 2 aromatic rings. The lowest BCUT2D eigenvalue weighted by molar-refractivity contribution is -0.122. The Kier molecular flexibility index (Phi) is 4.73. The fourth-order valence-electron chi connectivity index (χ4n) is 2.17. The maximum Gasteiger partial charge on any atom is 0.241 e. The number of methoxy groups -OCH3 is 2. The molecule has 0 aromatic heterocycles. The molecule has 0 saturated carbocycles. The molecule has 7 nitrogen and oxygen atoms in total. The van der Waals surface area contributed by atoms with E-state index in [1.165, 1.54) is 40.2 Å². The van der Waals surface area contributed by atoms with Crippen molar-refractivity contribution in [3.05, 3.63) is 30.3 Å². The van der Waals surface area contributed by atoms with E-state index in [-0.39, 0.29) is 4.90 Å². The van der Waals surface area contributed by atoms with E-state index >= 15 is 0 Å². The Morgan fingerprint density at radius 3 is 2.08 bits per heavy atom. The zero-order valence-corrected chi connectivity index (χ0v) is 14.7. The highest BCUT2D eigenvalue weighted by Gasteiger charge is 2.31. The van der Waals surface area contributed by atoms with Gasteiger partial charge in [-0.2, -0.15) is 4.72 Å². The van der Waals surface area contributed by atoms with Gasteiger partial charge in [-0.15, -0.1) is 0 Å². The first kappa shape index (κ1) is 18.0. The van der Waals surface area contributed by atoms with Crippen molar-refractivity contribution in [1.82, 2.24) is 4.72 Å². The second-order valence-electron chi connectivity index (χ2n) is 5.81. The summed E-state index contributed by atoms with van der Waals surface area (Å²) in [6.07, 6.45) is 0. The SMILES string of the molecule is COc1cc2ccc(S(=O)(=O)NC(C)(C)C(N)=O)cc2cc1OC. The maximum absolute atomic E-state index is 12.5. The van der Waals surface area contributed by atoms with Crippen LogP contribution in [-0.2, 0) is 14.8 Å². The molecule has 0 bridgehead atoms. The summed E-state index contributed by atoms with van der Waals surface area (Å²) in [6.45, 7) is 2.81. The van der Waals surface area contributed by atoms with Crippen LogP contribution in [0.3, 0.4) is 0 Å². The number of sulfonamides is 1. The Labute approximate surface area is 140 Å². The van der Waals surface area contributed by atoms with Crippen LogP contribution in [0.5, 0.6) is 11.5 Å². The van der Waals surface area contributed by atoms with Gasteiger partial charge in [0.25, 0.3) is 0 Å². The average Bonchev–Trinajstić information content (AvgIpc) is 2.51. The van der Waals surface area contributed by atoms with Crippen LogP contribution < -0.4 is 19.9 Å². The highest BCUT2D eigenvalue weighted by molar-refractivity contribution is 7.89. The molecule has 0 aliphatic rings. The summed E-state index contributed by atoms with van der Waals surface area (Å²) >= 11 is 0. The van der Waals surface area contributed by atoms with Gasteiger partial charge < -0.3 is 15.2 Å². The number of ether oxygens (including phenoxy) is 2. The number of rotatable bonds is 6. The molecule has 0 aliphatic carbocycles. The number of carbonyl (C=O) groups excluding carboxylic acids is 1. The average molecular weight is 352 g/mol. The van der Waals surface area contributed by atoms with Gasteiger partial charge in [-0.1, -0.05) is 6.07 Å². The van der Waals surface area contributed by atoms with Crippen LogP contribution in [0.1, 0.15) is 13.8 Å². The van der Waals surface area contributed by atoms with Crippen LogP contribution in [0.25, 0.3) is 10.8 Å². The monoisotopic (exact) mass is 352 g/mol. The largest absolute Gasteiger partial charge is 0.493 e. The number of hydrogen-bond donors (Lipinski definition) is 2. The molecule has 8 heteroatoms. The number of benzene rings is 2. The highest BCUT2D eigenvalue weighted by atomic mass is 32.2. The predicted molar refractivity (Wildman–Crippen MR) is 90.6 cm³/mol. The fourth-order valence-corrected chi connectivity index (χ4v) is 3.58. The van der Waals surface area contributed by atoms with Crippen molar-refractivity contribution < 1.29 is 22.7 Å². The molecule has 24 heavy (non-hydrogen) atoms. The number of nitrogens with two attached hydrogens (primary N) is 1. The quantitative estimate of drug-likeness (QED) is 0.817. The van der Waals surface area contributed by atoms with Crippen LogP contribution >= 0.6 is 0 Å². The number of amides is 1. The van der Waals surface area contributed by atoms with E-state index in [1.807, 2.05) is 0 Å². The van der Waals surface area contributed by atoms with Gasteiger partial charge in [-0.25, -0.2) is 8.42 Å².